The van der Waals surface area contributed by atoms with Crippen LogP contribution < -0.4 is 10.1 Å². The van der Waals surface area contributed by atoms with Gasteiger partial charge in [-0.25, -0.2) is 4.39 Å². The lowest BCUT2D eigenvalue weighted by Gasteiger charge is -2.34. The Bertz CT molecular complexity index is 586. The molecule has 1 atom stereocenters. The zero-order chi connectivity index (χ0) is 14.7. The second-order valence-electron chi connectivity index (χ2n) is 5.09. The number of piperazine rings is 1. The van der Waals surface area contributed by atoms with Crippen molar-refractivity contribution in [2.75, 3.05) is 33.3 Å². The molecule has 0 amide bonds. The molecule has 120 valence electrons. The van der Waals surface area contributed by atoms with Crippen molar-refractivity contribution >= 4 is 12.4 Å². The fourth-order valence-corrected chi connectivity index (χ4v) is 2.84. The molecular formula is C16H20ClFN2O2. The molecule has 0 unspecified atom stereocenters. The predicted molar refractivity (Wildman–Crippen MR) is 85.2 cm³/mol. The standard InChI is InChI=1S/C16H19FN2O2.ClH/c1-20-14-5-4-12(17)11-13(14)16(15-3-2-10-21-15)19-8-6-18-7-9-19;/h2-5,10-11,16,18H,6-9H2,1H3;1H/t16-;/m1./s1. The second-order valence-corrected chi connectivity index (χ2v) is 5.09. The molecular weight excluding hydrogens is 307 g/mol. The quantitative estimate of drug-likeness (QED) is 0.937. The van der Waals surface area contributed by atoms with Gasteiger partial charge in [-0.2, -0.15) is 0 Å². The summed E-state index contributed by atoms with van der Waals surface area (Å²) in [6.45, 7) is 3.58. The van der Waals surface area contributed by atoms with Gasteiger partial charge in [0.05, 0.1) is 19.4 Å². The SMILES string of the molecule is COc1ccc(F)cc1[C@H](c1ccco1)N1CCNCC1.Cl. The Morgan fingerprint density at radius 3 is 2.68 bits per heavy atom. The van der Waals surface area contributed by atoms with Crippen LogP contribution in [0.3, 0.4) is 0 Å². The molecule has 3 rings (SSSR count). The molecule has 0 spiro atoms. The van der Waals surface area contributed by atoms with Gasteiger partial charge in [0.1, 0.15) is 17.3 Å². The molecule has 1 saturated heterocycles. The molecule has 1 aromatic heterocycles. The molecule has 1 aromatic carbocycles. The van der Waals surface area contributed by atoms with Crippen LogP contribution in [0.5, 0.6) is 5.75 Å². The molecule has 0 bridgehead atoms. The number of hydrogen-bond donors (Lipinski definition) is 1. The van der Waals surface area contributed by atoms with E-state index in [1.807, 2.05) is 12.1 Å². The van der Waals surface area contributed by atoms with Crippen molar-refractivity contribution in [1.82, 2.24) is 10.2 Å². The average Bonchev–Trinajstić information content (AvgIpc) is 3.03. The molecule has 4 nitrogen and oxygen atoms in total. The Labute approximate surface area is 135 Å². The summed E-state index contributed by atoms with van der Waals surface area (Å²) in [5.41, 5.74) is 0.800. The Kier molecular flexibility index (Phi) is 5.83. The van der Waals surface area contributed by atoms with Crippen LogP contribution in [0.2, 0.25) is 0 Å². The minimum absolute atomic E-state index is 0. The first-order chi connectivity index (χ1) is 10.3. The van der Waals surface area contributed by atoms with Gasteiger partial charge in [-0.1, -0.05) is 0 Å². The first-order valence-electron chi connectivity index (χ1n) is 7.11. The molecule has 1 N–H and O–H groups in total. The number of nitrogens with one attached hydrogen (secondary N) is 1. The smallest absolute Gasteiger partial charge is 0.125 e. The van der Waals surface area contributed by atoms with Gasteiger partial charge in [0.15, 0.2) is 0 Å². The van der Waals surface area contributed by atoms with Gasteiger partial charge in [-0.3, -0.25) is 4.90 Å². The molecule has 2 heterocycles. The van der Waals surface area contributed by atoms with Crippen molar-refractivity contribution in [3.05, 3.63) is 53.7 Å². The fourth-order valence-electron chi connectivity index (χ4n) is 2.84. The van der Waals surface area contributed by atoms with E-state index in [2.05, 4.69) is 10.2 Å². The van der Waals surface area contributed by atoms with Crippen LogP contribution in [0.1, 0.15) is 17.4 Å². The lowest BCUT2D eigenvalue weighted by atomic mass is 10.0. The third kappa shape index (κ3) is 3.43. The van der Waals surface area contributed by atoms with Crippen LogP contribution in [0.4, 0.5) is 4.39 Å². The van der Waals surface area contributed by atoms with E-state index >= 15 is 0 Å². The van der Waals surface area contributed by atoms with Gasteiger partial charge >= 0.3 is 0 Å². The summed E-state index contributed by atoms with van der Waals surface area (Å²) in [7, 11) is 1.60. The third-order valence-corrected chi connectivity index (χ3v) is 3.82. The lowest BCUT2D eigenvalue weighted by molar-refractivity contribution is 0.177. The van der Waals surface area contributed by atoms with E-state index in [4.69, 9.17) is 9.15 Å². The van der Waals surface area contributed by atoms with Crippen molar-refractivity contribution in [2.45, 2.75) is 6.04 Å². The van der Waals surface area contributed by atoms with Crippen LogP contribution >= 0.6 is 12.4 Å². The number of halogens is 2. The van der Waals surface area contributed by atoms with Crippen molar-refractivity contribution in [3.63, 3.8) is 0 Å². The Morgan fingerprint density at radius 2 is 2.05 bits per heavy atom. The first-order valence-corrected chi connectivity index (χ1v) is 7.11. The number of furan rings is 1. The summed E-state index contributed by atoms with van der Waals surface area (Å²) < 4.78 is 24.8. The maximum atomic E-state index is 13.7. The number of rotatable bonds is 4. The highest BCUT2D eigenvalue weighted by Gasteiger charge is 2.28. The predicted octanol–water partition coefficient (Wildman–Crippen LogP) is 2.84. The monoisotopic (exact) mass is 326 g/mol. The highest BCUT2D eigenvalue weighted by Crippen LogP contribution is 2.35. The zero-order valence-corrected chi connectivity index (χ0v) is 13.2. The molecule has 1 fully saturated rings. The summed E-state index contributed by atoms with van der Waals surface area (Å²) >= 11 is 0. The maximum absolute atomic E-state index is 13.7. The summed E-state index contributed by atoms with van der Waals surface area (Å²) in [4.78, 5) is 2.28. The van der Waals surface area contributed by atoms with Gasteiger partial charge in [-0.15, -0.1) is 12.4 Å². The molecule has 1 aliphatic rings. The highest BCUT2D eigenvalue weighted by molar-refractivity contribution is 5.85. The van der Waals surface area contributed by atoms with Crippen LogP contribution in [-0.2, 0) is 0 Å². The molecule has 0 saturated carbocycles. The minimum Gasteiger partial charge on any atom is -0.496 e. The zero-order valence-electron chi connectivity index (χ0n) is 12.4. The van der Waals surface area contributed by atoms with Crippen LogP contribution in [0.25, 0.3) is 0 Å². The number of ether oxygens (including phenoxy) is 1. The largest absolute Gasteiger partial charge is 0.496 e. The number of hydrogen-bond acceptors (Lipinski definition) is 4. The van der Waals surface area contributed by atoms with Gasteiger partial charge in [0, 0.05) is 31.7 Å². The maximum Gasteiger partial charge on any atom is 0.125 e. The molecule has 6 heteroatoms. The van der Waals surface area contributed by atoms with Crippen molar-refractivity contribution in [1.29, 1.82) is 0 Å². The third-order valence-electron chi connectivity index (χ3n) is 3.82. The molecule has 0 radical (unpaired) electrons. The van der Waals surface area contributed by atoms with E-state index in [1.54, 1.807) is 19.4 Å². The molecule has 2 aromatic rings. The van der Waals surface area contributed by atoms with Crippen molar-refractivity contribution in [2.24, 2.45) is 0 Å². The Morgan fingerprint density at radius 1 is 1.27 bits per heavy atom. The average molecular weight is 327 g/mol. The van der Waals surface area contributed by atoms with Crippen LogP contribution in [0.15, 0.2) is 41.0 Å². The number of benzene rings is 1. The van der Waals surface area contributed by atoms with E-state index in [0.717, 1.165) is 37.5 Å². The molecule has 1 aliphatic heterocycles. The van der Waals surface area contributed by atoms with E-state index in [0.29, 0.717) is 5.75 Å². The number of nitrogens with zero attached hydrogens (tertiary/aromatic N) is 1. The number of methoxy groups -OCH3 is 1. The normalized spacial score (nSPS) is 16.8. The highest BCUT2D eigenvalue weighted by atomic mass is 35.5. The summed E-state index contributed by atoms with van der Waals surface area (Å²) in [6.07, 6.45) is 1.65. The topological polar surface area (TPSA) is 37.6 Å². The summed E-state index contributed by atoms with van der Waals surface area (Å²) in [6, 6.07) is 8.27. The fraction of sp³-hybridized carbons (Fsp3) is 0.375. The summed E-state index contributed by atoms with van der Waals surface area (Å²) in [5.74, 6) is 1.22. The van der Waals surface area contributed by atoms with Gasteiger partial charge in [0.2, 0.25) is 0 Å². The van der Waals surface area contributed by atoms with Crippen molar-refractivity contribution < 1.29 is 13.5 Å². The van der Waals surface area contributed by atoms with Gasteiger partial charge in [0.25, 0.3) is 0 Å². The Balaban J connectivity index is 0.00000176. The van der Waals surface area contributed by atoms with E-state index in [-0.39, 0.29) is 24.3 Å². The second kappa shape index (κ2) is 7.63. The molecule has 22 heavy (non-hydrogen) atoms. The van der Waals surface area contributed by atoms with Crippen molar-refractivity contribution in [3.8, 4) is 5.75 Å². The van der Waals surface area contributed by atoms with Gasteiger partial charge in [-0.05, 0) is 30.3 Å². The minimum atomic E-state index is -0.266. The van der Waals surface area contributed by atoms with Crippen LogP contribution in [0, 0.1) is 5.82 Å². The summed E-state index contributed by atoms with van der Waals surface area (Å²) in [5, 5.41) is 3.33. The first kappa shape index (κ1) is 16.8. The van der Waals surface area contributed by atoms with E-state index < -0.39 is 0 Å². The Hall–Kier alpha value is -1.56. The lowest BCUT2D eigenvalue weighted by Crippen LogP contribution is -2.45. The van der Waals surface area contributed by atoms with Gasteiger partial charge < -0.3 is 14.5 Å². The van der Waals surface area contributed by atoms with E-state index in [9.17, 15) is 4.39 Å². The molecule has 0 aliphatic carbocycles. The van der Waals surface area contributed by atoms with E-state index in [1.165, 1.54) is 12.1 Å². The van der Waals surface area contributed by atoms with Crippen LogP contribution in [-0.4, -0.2) is 38.2 Å².